The summed E-state index contributed by atoms with van der Waals surface area (Å²) < 4.78 is 167. The molecule has 188 valence electrons. The summed E-state index contributed by atoms with van der Waals surface area (Å²) in [6.07, 6.45) is -26.5. The van der Waals surface area contributed by atoms with Crippen LogP contribution in [-0.2, 0) is 0 Å². The van der Waals surface area contributed by atoms with Crippen molar-refractivity contribution >= 4 is 0 Å². The van der Waals surface area contributed by atoms with Crippen LogP contribution in [0.2, 0.25) is 0 Å². The van der Waals surface area contributed by atoms with Crippen molar-refractivity contribution in [2.45, 2.75) is 36.2 Å². The lowest BCUT2D eigenvalue weighted by molar-refractivity contribution is -0.328. The fraction of sp³-hybridized carbons (Fsp3) is 0.529. The van der Waals surface area contributed by atoms with Crippen molar-refractivity contribution in [3.05, 3.63) is 47.6 Å². The molecule has 0 radical (unpaired) electrons. The van der Waals surface area contributed by atoms with E-state index in [0.29, 0.717) is 0 Å². The molecular weight excluding hydrogens is 492 g/mol. The van der Waals surface area contributed by atoms with Gasteiger partial charge in [-0.05, 0) is 23.3 Å². The number of allylic oxidation sites excluding steroid dienone is 4. The van der Waals surface area contributed by atoms with Crippen LogP contribution >= 0.6 is 0 Å². The SMILES string of the molecule is NC1(O)C=CC=C(C(C2=CC=CC(N)(O)C2C(F)(F)F)(C(F)(F)F)C(F)(F)F)C1C(F)(F)F. The molecule has 0 spiro atoms. The Morgan fingerprint density at radius 1 is 0.606 bits per heavy atom. The van der Waals surface area contributed by atoms with E-state index < -0.39 is 64.6 Å². The lowest BCUT2D eigenvalue weighted by Gasteiger charge is -2.50. The third-order valence-corrected chi connectivity index (χ3v) is 5.20. The molecule has 2 aliphatic rings. The van der Waals surface area contributed by atoms with Crippen molar-refractivity contribution in [1.29, 1.82) is 0 Å². The van der Waals surface area contributed by atoms with Crippen LogP contribution in [0.4, 0.5) is 52.7 Å². The van der Waals surface area contributed by atoms with E-state index in [1.807, 2.05) is 0 Å². The molecule has 0 aromatic carbocycles. The first-order valence-electron chi connectivity index (χ1n) is 8.51. The zero-order valence-corrected chi connectivity index (χ0v) is 15.7. The second-order valence-electron chi connectivity index (χ2n) is 7.43. The standard InChI is InChI=1S/C17H14F12N2O2/c18-14(19,20)9-7(3-1-5-11(9,30)32)13(16(24,25)26,17(27,28)29)8-4-2-6-12(31,33)10(8)15(21,22)23/h1-6,9-10,32-33H,30-31H2. The van der Waals surface area contributed by atoms with Gasteiger partial charge in [-0.2, -0.15) is 52.7 Å². The maximum atomic E-state index is 14.2. The van der Waals surface area contributed by atoms with Crippen molar-refractivity contribution in [2.75, 3.05) is 0 Å². The number of hydrogen-bond donors (Lipinski definition) is 4. The van der Waals surface area contributed by atoms with Gasteiger partial charge in [0.2, 0.25) is 5.41 Å². The molecule has 0 heterocycles. The summed E-state index contributed by atoms with van der Waals surface area (Å²) in [7, 11) is 0. The topological polar surface area (TPSA) is 92.5 Å². The zero-order valence-electron chi connectivity index (χ0n) is 15.7. The van der Waals surface area contributed by atoms with Crippen LogP contribution < -0.4 is 11.5 Å². The highest BCUT2D eigenvalue weighted by molar-refractivity contribution is 5.48. The van der Waals surface area contributed by atoms with Gasteiger partial charge >= 0.3 is 24.7 Å². The summed E-state index contributed by atoms with van der Waals surface area (Å²) in [5.74, 6) is -8.30. The molecule has 2 aliphatic carbocycles. The van der Waals surface area contributed by atoms with Gasteiger partial charge in [0.25, 0.3) is 0 Å². The zero-order chi connectivity index (χ0) is 26.1. The number of alkyl halides is 12. The average molecular weight is 506 g/mol. The van der Waals surface area contributed by atoms with Crippen molar-refractivity contribution in [3.8, 4) is 0 Å². The van der Waals surface area contributed by atoms with Gasteiger partial charge in [0.05, 0.1) is 0 Å². The number of halogens is 12. The van der Waals surface area contributed by atoms with Gasteiger partial charge in [-0.25, -0.2) is 0 Å². The van der Waals surface area contributed by atoms with E-state index in [2.05, 4.69) is 0 Å². The normalized spacial score (nSPS) is 32.0. The third kappa shape index (κ3) is 4.28. The Bertz CT molecular complexity index is 827. The van der Waals surface area contributed by atoms with Crippen LogP contribution in [-0.4, -0.2) is 46.4 Å². The molecule has 4 nitrogen and oxygen atoms in total. The molecule has 0 saturated heterocycles. The van der Waals surface area contributed by atoms with Crippen molar-refractivity contribution in [3.63, 3.8) is 0 Å². The minimum Gasteiger partial charge on any atom is -0.371 e. The molecule has 0 amide bonds. The Morgan fingerprint density at radius 2 is 0.879 bits per heavy atom. The Kier molecular flexibility index (Phi) is 6.17. The van der Waals surface area contributed by atoms with E-state index in [1.54, 1.807) is 0 Å². The second kappa shape index (κ2) is 7.48. The first-order chi connectivity index (χ1) is 14.4. The van der Waals surface area contributed by atoms with E-state index in [0.717, 1.165) is 0 Å². The molecule has 0 aromatic heterocycles. The molecule has 0 fully saturated rings. The maximum Gasteiger partial charge on any atom is 0.410 e. The number of hydrogen-bond acceptors (Lipinski definition) is 4. The van der Waals surface area contributed by atoms with E-state index in [9.17, 15) is 62.9 Å². The molecule has 4 atom stereocenters. The molecule has 4 unspecified atom stereocenters. The second-order valence-corrected chi connectivity index (χ2v) is 7.43. The predicted molar refractivity (Wildman–Crippen MR) is 86.4 cm³/mol. The van der Waals surface area contributed by atoms with Gasteiger partial charge in [0, 0.05) is 0 Å². The first-order valence-corrected chi connectivity index (χ1v) is 8.51. The average Bonchev–Trinajstić information content (AvgIpc) is 2.47. The van der Waals surface area contributed by atoms with E-state index >= 15 is 0 Å². The third-order valence-electron chi connectivity index (χ3n) is 5.20. The van der Waals surface area contributed by atoms with Gasteiger partial charge in [-0.3, -0.25) is 11.5 Å². The molecule has 2 rings (SSSR count). The Labute approximate surface area is 176 Å². The summed E-state index contributed by atoms with van der Waals surface area (Å²) in [6.45, 7) is 0. The largest absolute Gasteiger partial charge is 0.410 e. The van der Waals surface area contributed by atoms with Crippen LogP contribution in [0.3, 0.4) is 0 Å². The fourth-order valence-corrected chi connectivity index (χ4v) is 4.04. The lowest BCUT2D eigenvalue weighted by atomic mass is 9.59. The van der Waals surface area contributed by atoms with Gasteiger partial charge in [0.15, 0.2) is 0 Å². The van der Waals surface area contributed by atoms with Crippen LogP contribution in [0.25, 0.3) is 0 Å². The molecule has 0 saturated carbocycles. The van der Waals surface area contributed by atoms with Gasteiger partial charge < -0.3 is 10.2 Å². The molecule has 6 N–H and O–H groups in total. The quantitative estimate of drug-likeness (QED) is 0.339. The van der Waals surface area contributed by atoms with Crippen molar-refractivity contribution < 1.29 is 62.9 Å². The summed E-state index contributed by atoms with van der Waals surface area (Å²) in [5, 5.41) is 19.7. The molecule has 0 aliphatic heterocycles. The van der Waals surface area contributed by atoms with Gasteiger partial charge in [-0.1, -0.05) is 24.3 Å². The van der Waals surface area contributed by atoms with Crippen molar-refractivity contribution in [2.24, 2.45) is 28.7 Å². The Morgan fingerprint density at radius 3 is 1.09 bits per heavy atom. The molecule has 33 heavy (non-hydrogen) atoms. The predicted octanol–water partition coefficient (Wildman–Crippen LogP) is 3.74. The Hall–Kier alpha value is -2.04. The lowest BCUT2D eigenvalue weighted by Crippen LogP contribution is -2.65. The van der Waals surface area contributed by atoms with Crippen molar-refractivity contribution in [1.82, 2.24) is 0 Å². The first kappa shape index (κ1) is 27.2. The highest BCUT2D eigenvalue weighted by Gasteiger charge is 2.80. The summed E-state index contributed by atoms with van der Waals surface area (Å²) in [6, 6.07) is 0. The summed E-state index contributed by atoms with van der Waals surface area (Å²) in [4.78, 5) is 0. The molecule has 0 bridgehead atoms. The molecule has 16 heteroatoms. The minimum absolute atomic E-state index is 0.0296. The van der Waals surface area contributed by atoms with Crippen LogP contribution in [0.15, 0.2) is 47.6 Å². The summed E-state index contributed by atoms with van der Waals surface area (Å²) in [5.41, 5.74) is -9.53. The number of rotatable bonds is 2. The highest BCUT2D eigenvalue weighted by atomic mass is 19.4. The van der Waals surface area contributed by atoms with E-state index in [4.69, 9.17) is 11.5 Å². The van der Waals surface area contributed by atoms with Crippen LogP contribution in [0.5, 0.6) is 0 Å². The monoisotopic (exact) mass is 506 g/mol. The number of aliphatic hydroxyl groups is 2. The minimum atomic E-state index is -6.92. The molecular formula is C17H14F12N2O2. The fourth-order valence-electron chi connectivity index (χ4n) is 4.04. The van der Waals surface area contributed by atoms with Crippen LogP contribution in [0.1, 0.15) is 0 Å². The maximum absolute atomic E-state index is 14.2. The highest BCUT2D eigenvalue weighted by Crippen LogP contribution is 2.67. The van der Waals surface area contributed by atoms with E-state index in [1.165, 1.54) is 0 Å². The summed E-state index contributed by atoms with van der Waals surface area (Å²) >= 11 is 0. The smallest absolute Gasteiger partial charge is 0.371 e. The number of nitrogens with two attached hydrogens (primary N) is 2. The Balaban J connectivity index is 3.12. The van der Waals surface area contributed by atoms with Gasteiger partial charge in [0.1, 0.15) is 23.3 Å². The van der Waals surface area contributed by atoms with Gasteiger partial charge in [-0.15, -0.1) is 0 Å². The van der Waals surface area contributed by atoms with E-state index in [-0.39, 0.29) is 36.5 Å². The molecule has 0 aromatic rings. The van der Waals surface area contributed by atoms with Crippen LogP contribution in [0, 0.1) is 17.3 Å².